The quantitative estimate of drug-likeness (QED) is 0.0260. The molecule has 0 rings (SSSR count). The zero-order chi connectivity index (χ0) is 34.7. The number of carbonyl (C=O) groups excluding carboxylic acids is 2. The number of phosphoric ester groups is 1. The molecule has 2 unspecified atom stereocenters. The Balaban J connectivity index is 3.54. The van der Waals surface area contributed by atoms with E-state index in [0.717, 1.165) is 57.8 Å². The Labute approximate surface area is 287 Å². The molecule has 0 heterocycles. The molecule has 0 aromatic carbocycles. The second-order valence-corrected chi connectivity index (χ2v) is 14.0. The highest BCUT2D eigenvalue weighted by atomic mass is 31.2. The number of phosphoric acid groups is 1. The van der Waals surface area contributed by atoms with E-state index < -0.39 is 26.5 Å². The Bertz CT molecular complexity index is 835. The normalized spacial score (nSPS) is 13.7. The fourth-order valence-electron chi connectivity index (χ4n) is 5.00. The Kier molecular flexibility index (Phi) is 33.3. The minimum absolute atomic E-state index is 0.0821. The van der Waals surface area contributed by atoms with Crippen LogP contribution in [-0.4, -0.2) is 54.3 Å². The second-order valence-electron chi connectivity index (χ2n) is 12.6. The van der Waals surface area contributed by atoms with Gasteiger partial charge in [0.05, 0.1) is 13.2 Å². The molecule has 2 atom stereocenters. The van der Waals surface area contributed by atoms with E-state index in [9.17, 15) is 24.2 Å². The summed E-state index contributed by atoms with van der Waals surface area (Å²) in [5.74, 6) is -0.530. The van der Waals surface area contributed by atoms with E-state index in [2.05, 4.69) is 43.5 Å². The largest absolute Gasteiger partial charge is 0.472 e. The Hall–Kier alpha value is -1.51. The van der Waals surface area contributed by atoms with Crippen molar-refractivity contribution in [2.45, 2.75) is 174 Å². The first-order chi connectivity index (χ1) is 22.8. The van der Waals surface area contributed by atoms with Crippen LogP contribution in [0.5, 0.6) is 0 Å². The summed E-state index contributed by atoms with van der Waals surface area (Å²) in [5, 5.41) is 12.5. The van der Waals surface area contributed by atoms with Gasteiger partial charge in [-0.05, 0) is 44.9 Å². The smallest absolute Gasteiger partial charge is 0.463 e. The van der Waals surface area contributed by atoms with Gasteiger partial charge in [-0.15, -0.1) is 0 Å². The fraction of sp³-hybridized carbons (Fsp3) is 0.838. The van der Waals surface area contributed by atoms with Crippen LogP contribution in [0.3, 0.4) is 0 Å². The summed E-state index contributed by atoms with van der Waals surface area (Å²) in [6.45, 7) is 3.41. The highest BCUT2D eigenvalue weighted by Crippen LogP contribution is 2.42. The van der Waals surface area contributed by atoms with Gasteiger partial charge in [0.15, 0.2) is 0 Å². The van der Waals surface area contributed by atoms with Gasteiger partial charge in [0.1, 0.15) is 12.7 Å². The van der Waals surface area contributed by atoms with E-state index in [4.69, 9.17) is 13.8 Å². The van der Waals surface area contributed by atoms with Crippen molar-refractivity contribution in [3.63, 3.8) is 0 Å². The van der Waals surface area contributed by atoms with Crippen molar-refractivity contribution in [2.24, 2.45) is 0 Å². The van der Waals surface area contributed by atoms with Gasteiger partial charge in [0.2, 0.25) is 5.91 Å². The van der Waals surface area contributed by atoms with E-state index in [-0.39, 0.29) is 32.1 Å². The molecule has 0 aromatic rings. The number of ether oxygens (including phenoxy) is 1. The number of aliphatic hydroxyl groups excluding tert-OH is 1. The molecule has 0 bridgehead atoms. The molecule has 0 radical (unpaired) electrons. The fourth-order valence-corrected chi connectivity index (χ4v) is 5.75. The molecule has 0 aliphatic heterocycles. The zero-order valence-corrected chi connectivity index (χ0v) is 30.9. The van der Waals surface area contributed by atoms with Crippen molar-refractivity contribution in [2.75, 3.05) is 26.4 Å². The number of nitrogens with one attached hydrogen (secondary N) is 1. The molecule has 0 aliphatic carbocycles. The average molecular weight is 688 g/mol. The number of rotatable bonds is 35. The van der Waals surface area contributed by atoms with Crippen molar-refractivity contribution < 1.29 is 37.9 Å². The molecule has 0 aliphatic rings. The average Bonchev–Trinajstić information content (AvgIpc) is 3.05. The lowest BCUT2D eigenvalue weighted by Gasteiger charge is -2.15. The summed E-state index contributed by atoms with van der Waals surface area (Å²) in [5.41, 5.74) is 0. The van der Waals surface area contributed by atoms with Crippen LogP contribution in [0.4, 0.5) is 0 Å². The Morgan fingerprint density at radius 2 is 1.15 bits per heavy atom. The lowest BCUT2D eigenvalue weighted by atomic mass is 10.0. The maximum atomic E-state index is 12.0. The standard InChI is InChI=1S/C37H70NO8P/c1-3-5-7-9-10-11-12-13-14-15-16-17-18-19-20-21-22-23-24-26-27-29-36(40)38-31-32-45-47(42,43)46-34-35(39)33-44-37(41)30-28-25-8-6-4-2/h10-11,13-14,35,39H,3-9,12,15-34H2,1-2H3,(H,38,40)(H,42,43)/b11-10-,14-13-. The van der Waals surface area contributed by atoms with Crippen molar-refractivity contribution in [1.82, 2.24) is 5.32 Å². The molecule has 9 nitrogen and oxygen atoms in total. The van der Waals surface area contributed by atoms with Gasteiger partial charge in [0.25, 0.3) is 0 Å². The van der Waals surface area contributed by atoms with Crippen LogP contribution < -0.4 is 5.32 Å². The highest BCUT2D eigenvalue weighted by molar-refractivity contribution is 7.47. The van der Waals surface area contributed by atoms with Crippen LogP contribution in [0.1, 0.15) is 168 Å². The van der Waals surface area contributed by atoms with Crippen LogP contribution in [0.2, 0.25) is 0 Å². The third-order valence-electron chi connectivity index (χ3n) is 7.88. The Morgan fingerprint density at radius 1 is 0.660 bits per heavy atom. The molecule has 0 spiro atoms. The van der Waals surface area contributed by atoms with Crippen LogP contribution in [0.25, 0.3) is 0 Å². The van der Waals surface area contributed by atoms with E-state index >= 15 is 0 Å². The number of unbranched alkanes of at least 4 members (excludes halogenated alkanes) is 18. The van der Waals surface area contributed by atoms with Gasteiger partial charge in [-0.2, -0.15) is 0 Å². The summed E-state index contributed by atoms with van der Waals surface area (Å²) in [6.07, 6.45) is 34.4. The minimum atomic E-state index is -4.40. The van der Waals surface area contributed by atoms with Crippen molar-refractivity contribution in [1.29, 1.82) is 0 Å². The molecule has 47 heavy (non-hydrogen) atoms. The molecule has 276 valence electrons. The topological polar surface area (TPSA) is 131 Å². The molecule has 0 aromatic heterocycles. The molecular weight excluding hydrogens is 617 g/mol. The lowest BCUT2D eigenvalue weighted by Crippen LogP contribution is -2.27. The third-order valence-corrected chi connectivity index (χ3v) is 8.87. The van der Waals surface area contributed by atoms with E-state index in [1.165, 1.54) is 83.5 Å². The number of hydrogen-bond donors (Lipinski definition) is 3. The van der Waals surface area contributed by atoms with Crippen LogP contribution in [-0.2, 0) is 27.9 Å². The van der Waals surface area contributed by atoms with Crippen LogP contribution >= 0.6 is 7.82 Å². The molecule has 0 saturated carbocycles. The first-order valence-electron chi connectivity index (χ1n) is 18.8. The number of aliphatic hydroxyl groups is 1. The van der Waals surface area contributed by atoms with E-state index in [1.54, 1.807) is 0 Å². The number of allylic oxidation sites excluding steroid dienone is 4. The third kappa shape index (κ3) is 35.6. The molecule has 1 amide bonds. The summed E-state index contributed by atoms with van der Waals surface area (Å²) in [6, 6.07) is 0. The van der Waals surface area contributed by atoms with Gasteiger partial charge in [-0.1, -0.05) is 134 Å². The van der Waals surface area contributed by atoms with Crippen molar-refractivity contribution >= 4 is 19.7 Å². The van der Waals surface area contributed by atoms with Crippen molar-refractivity contribution in [3.8, 4) is 0 Å². The van der Waals surface area contributed by atoms with Crippen molar-refractivity contribution in [3.05, 3.63) is 24.3 Å². The predicted octanol–water partition coefficient (Wildman–Crippen LogP) is 9.65. The van der Waals surface area contributed by atoms with Gasteiger partial charge >= 0.3 is 13.8 Å². The predicted molar refractivity (Wildman–Crippen MR) is 192 cm³/mol. The number of esters is 1. The summed E-state index contributed by atoms with van der Waals surface area (Å²) < 4.78 is 26.6. The lowest BCUT2D eigenvalue weighted by molar-refractivity contribution is -0.147. The molecule has 3 N–H and O–H groups in total. The van der Waals surface area contributed by atoms with Crippen LogP contribution in [0.15, 0.2) is 24.3 Å². The maximum Gasteiger partial charge on any atom is 0.472 e. The van der Waals surface area contributed by atoms with Gasteiger partial charge in [0, 0.05) is 19.4 Å². The number of hydrogen-bond acceptors (Lipinski definition) is 7. The maximum absolute atomic E-state index is 12.0. The molecule has 0 saturated heterocycles. The summed E-state index contributed by atoms with van der Waals surface area (Å²) >= 11 is 0. The first kappa shape index (κ1) is 45.5. The number of amides is 1. The Morgan fingerprint density at radius 3 is 1.74 bits per heavy atom. The zero-order valence-electron chi connectivity index (χ0n) is 30.0. The number of carbonyl (C=O) groups is 2. The highest BCUT2D eigenvalue weighted by Gasteiger charge is 2.23. The minimum Gasteiger partial charge on any atom is -0.463 e. The monoisotopic (exact) mass is 687 g/mol. The van der Waals surface area contributed by atoms with Crippen LogP contribution in [0, 0.1) is 0 Å². The molecular formula is C37H70NO8P. The van der Waals surface area contributed by atoms with Gasteiger partial charge in [-0.3, -0.25) is 18.6 Å². The summed E-state index contributed by atoms with van der Waals surface area (Å²) in [4.78, 5) is 33.5. The first-order valence-corrected chi connectivity index (χ1v) is 20.3. The molecule has 0 fully saturated rings. The second kappa shape index (κ2) is 34.4. The summed E-state index contributed by atoms with van der Waals surface area (Å²) in [7, 11) is -4.40. The van der Waals surface area contributed by atoms with Gasteiger partial charge < -0.3 is 20.1 Å². The van der Waals surface area contributed by atoms with E-state index in [0.29, 0.717) is 6.42 Å². The van der Waals surface area contributed by atoms with Gasteiger partial charge in [-0.25, -0.2) is 4.57 Å². The molecule has 10 heteroatoms. The SMILES string of the molecule is CCCCC/C=C\C/C=C\CCCCCCCCCCCCCC(=O)NCCOP(=O)(O)OCC(O)COC(=O)CCCCCCC. The van der Waals surface area contributed by atoms with E-state index in [1.807, 2.05) is 0 Å².